The lowest BCUT2D eigenvalue weighted by Crippen LogP contribution is -2.14. The van der Waals surface area contributed by atoms with Crippen molar-refractivity contribution in [2.24, 2.45) is 12.8 Å². The van der Waals surface area contributed by atoms with E-state index in [1.807, 2.05) is 17.8 Å². The van der Waals surface area contributed by atoms with Crippen LogP contribution in [0.4, 0.5) is 0 Å². The predicted molar refractivity (Wildman–Crippen MR) is 51.2 cm³/mol. The molecule has 13 heavy (non-hydrogen) atoms. The molecule has 0 aromatic carbocycles. The smallest absolute Gasteiger partial charge is 0.108 e. The van der Waals surface area contributed by atoms with Crippen LogP contribution in [0.2, 0.25) is 0 Å². The van der Waals surface area contributed by atoms with E-state index in [1.165, 1.54) is 0 Å². The molecule has 4 nitrogen and oxygen atoms in total. The first kappa shape index (κ1) is 10.2. The van der Waals surface area contributed by atoms with Crippen molar-refractivity contribution < 1.29 is 5.11 Å². The van der Waals surface area contributed by atoms with Crippen molar-refractivity contribution in [2.75, 3.05) is 6.54 Å². The summed E-state index contributed by atoms with van der Waals surface area (Å²) in [5.41, 5.74) is 5.33. The third kappa shape index (κ3) is 3.16. The summed E-state index contributed by atoms with van der Waals surface area (Å²) in [6, 6.07) is 0. The topological polar surface area (TPSA) is 64.1 Å². The Morgan fingerprint density at radius 3 is 2.92 bits per heavy atom. The van der Waals surface area contributed by atoms with E-state index in [0.717, 1.165) is 18.7 Å². The molecule has 4 heteroatoms. The summed E-state index contributed by atoms with van der Waals surface area (Å²) in [4.78, 5) is 4.17. The lowest BCUT2D eigenvalue weighted by molar-refractivity contribution is 0.156. The molecule has 1 atom stereocenters. The van der Waals surface area contributed by atoms with Gasteiger partial charge in [0.2, 0.25) is 0 Å². The molecule has 0 spiro atoms. The van der Waals surface area contributed by atoms with Crippen molar-refractivity contribution in [3.8, 4) is 0 Å². The van der Waals surface area contributed by atoms with Crippen LogP contribution in [0.1, 0.15) is 18.7 Å². The fourth-order valence-electron chi connectivity index (χ4n) is 1.27. The van der Waals surface area contributed by atoms with Gasteiger partial charge >= 0.3 is 0 Å². The summed E-state index contributed by atoms with van der Waals surface area (Å²) in [6.07, 6.45) is 5.61. The van der Waals surface area contributed by atoms with Gasteiger partial charge in [-0.25, -0.2) is 4.98 Å². The molecule has 0 fully saturated rings. The largest absolute Gasteiger partial charge is 0.393 e. The number of aliphatic hydroxyl groups excluding tert-OH is 1. The number of nitrogens with two attached hydrogens (primary N) is 1. The number of aryl methyl sites for hydroxylation is 2. The zero-order chi connectivity index (χ0) is 9.68. The zero-order valence-electron chi connectivity index (χ0n) is 7.98. The Morgan fingerprint density at radius 2 is 2.38 bits per heavy atom. The van der Waals surface area contributed by atoms with E-state index in [1.54, 1.807) is 6.20 Å². The predicted octanol–water partition coefficient (Wildman–Crippen LogP) is 0.0624. The second-order valence-electron chi connectivity index (χ2n) is 3.22. The molecule has 0 amide bonds. The van der Waals surface area contributed by atoms with E-state index in [9.17, 15) is 5.11 Å². The maximum Gasteiger partial charge on any atom is 0.108 e. The summed E-state index contributed by atoms with van der Waals surface area (Å²) >= 11 is 0. The quantitative estimate of drug-likeness (QED) is 0.678. The molecule has 0 saturated heterocycles. The minimum absolute atomic E-state index is 0.290. The van der Waals surface area contributed by atoms with Gasteiger partial charge in [-0.1, -0.05) is 0 Å². The van der Waals surface area contributed by atoms with Crippen LogP contribution < -0.4 is 5.73 Å². The summed E-state index contributed by atoms with van der Waals surface area (Å²) < 4.78 is 1.97. The van der Waals surface area contributed by atoms with Crippen LogP contribution in [0.25, 0.3) is 0 Å². The Morgan fingerprint density at radius 1 is 1.62 bits per heavy atom. The zero-order valence-corrected chi connectivity index (χ0v) is 7.98. The molecule has 0 saturated carbocycles. The molecular formula is C9H17N3O. The molecule has 1 rings (SSSR count). The average molecular weight is 183 g/mol. The van der Waals surface area contributed by atoms with Crippen molar-refractivity contribution in [1.82, 2.24) is 9.55 Å². The number of hydrogen-bond acceptors (Lipinski definition) is 3. The van der Waals surface area contributed by atoms with Gasteiger partial charge in [0.15, 0.2) is 0 Å². The van der Waals surface area contributed by atoms with Gasteiger partial charge in [-0.2, -0.15) is 0 Å². The molecule has 74 valence electrons. The first-order valence-electron chi connectivity index (χ1n) is 4.58. The van der Waals surface area contributed by atoms with E-state index in [-0.39, 0.29) is 6.10 Å². The summed E-state index contributed by atoms with van der Waals surface area (Å²) in [7, 11) is 1.96. The van der Waals surface area contributed by atoms with E-state index in [2.05, 4.69) is 4.98 Å². The molecule has 0 aliphatic heterocycles. The molecule has 1 aromatic rings. The second kappa shape index (κ2) is 4.99. The van der Waals surface area contributed by atoms with Crippen molar-refractivity contribution >= 4 is 0 Å². The van der Waals surface area contributed by atoms with Gasteiger partial charge in [0.1, 0.15) is 5.82 Å². The van der Waals surface area contributed by atoms with Crippen molar-refractivity contribution in [3.63, 3.8) is 0 Å². The number of hydrogen-bond donors (Lipinski definition) is 2. The van der Waals surface area contributed by atoms with E-state index in [4.69, 9.17) is 5.73 Å². The highest BCUT2D eigenvalue weighted by Gasteiger charge is 2.05. The molecule has 1 unspecified atom stereocenters. The first-order valence-corrected chi connectivity index (χ1v) is 4.58. The number of nitrogens with zero attached hydrogens (tertiary/aromatic N) is 2. The lowest BCUT2D eigenvalue weighted by atomic mass is 10.1. The third-order valence-corrected chi connectivity index (χ3v) is 2.12. The normalized spacial score (nSPS) is 13.2. The average Bonchev–Trinajstić information content (AvgIpc) is 2.48. The molecule has 0 aliphatic carbocycles. The first-order chi connectivity index (χ1) is 6.24. The van der Waals surface area contributed by atoms with Crippen LogP contribution in [0.3, 0.4) is 0 Å². The van der Waals surface area contributed by atoms with Crippen molar-refractivity contribution in [2.45, 2.75) is 25.4 Å². The Bertz CT molecular complexity index is 247. The molecular weight excluding hydrogens is 166 g/mol. The second-order valence-corrected chi connectivity index (χ2v) is 3.22. The van der Waals surface area contributed by atoms with Gasteiger partial charge in [-0.15, -0.1) is 0 Å². The van der Waals surface area contributed by atoms with Crippen LogP contribution >= 0.6 is 0 Å². The Kier molecular flexibility index (Phi) is 3.92. The SMILES string of the molecule is Cn1ccnc1CCC(O)CCN. The van der Waals surface area contributed by atoms with E-state index < -0.39 is 0 Å². The number of aromatic nitrogens is 2. The van der Waals surface area contributed by atoms with E-state index >= 15 is 0 Å². The van der Waals surface area contributed by atoms with Crippen LogP contribution in [0, 0.1) is 0 Å². The fourth-order valence-corrected chi connectivity index (χ4v) is 1.27. The van der Waals surface area contributed by atoms with Crippen LogP contribution in [0.15, 0.2) is 12.4 Å². The highest BCUT2D eigenvalue weighted by atomic mass is 16.3. The minimum Gasteiger partial charge on any atom is -0.393 e. The number of imidazole rings is 1. The van der Waals surface area contributed by atoms with Crippen molar-refractivity contribution in [3.05, 3.63) is 18.2 Å². The monoisotopic (exact) mass is 183 g/mol. The number of aliphatic hydroxyl groups is 1. The Hall–Kier alpha value is -0.870. The molecule has 0 radical (unpaired) electrons. The van der Waals surface area contributed by atoms with Gasteiger partial charge in [0.25, 0.3) is 0 Å². The fraction of sp³-hybridized carbons (Fsp3) is 0.667. The third-order valence-electron chi connectivity index (χ3n) is 2.12. The summed E-state index contributed by atoms with van der Waals surface area (Å²) in [6.45, 7) is 0.543. The molecule has 1 aromatic heterocycles. The van der Waals surface area contributed by atoms with Crippen LogP contribution in [0.5, 0.6) is 0 Å². The van der Waals surface area contributed by atoms with Gasteiger partial charge in [-0.3, -0.25) is 0 Å². The lowest BCUT2D eigenvalue weighted by Gasteiger charge is -2.08. The van der Waals surface area contributed by atoms with Gasteiger partial charge in [0.05, 0.1) is 6.10 Å². The minimum atomic E-state index is -0.290. The Labute approximate surface area is 78.4 Å². The summed E-state index contributed by atoms with van der Waals surface area (Å²) in [5, 5.41) is 9.42. The van der Waals surface area contributed by atoms with Crippen molar-refractivity contribution in [1.29, 1.82) is 0 Å². The maximum absolute atomic E-state index is 9.42. The van der Waals surface area contributed by atoms with E-state index in [0.29, 0.717) is 13.0 Å². The highest BCUT2D eigenvalue weighted by Crippen LogP contribution is 2.04. The molecule has 0 aliphatic rings. The van der Waals surface area contributed by atoms with Gasteiger partial charge in [-0.05, 0) is 19.4 Å². The molecule has 3 N–H and O–H groups in total. The maximum atomic E-state index is 9.42. The summed E-state index contributed by atoms with van der Waals surface area (Å²) in [5.74, 6) is 1.01. The van der Waals surface area contributed by atoms with Gasteiger partial charge < -0.3 is 15.4 Å². The number of rotatable bonds is 5. The van der Waals surface area contributed by atoms with Gasteiger partial charge in [0, 0.05) is 25.9 Å². The molecule has 1 heterocycles. The Balaban J connectivity index is 2.30. The van der Waals surface area contributed by atoms with Crippen LogP contribution in [-0.4, -0.2) is 27.3 Å². The molecule has 0 bridgehead atoms. The standard InChI is InChI=1S/C9H17N3O/c1-12-7-6-11-9(12)3-2-8(13)4-5-10/h6-8,13H,2-5,10H2,1H3. The van der Waals surface area contributed by atoms with Crippen LogP contribution in [-0.2, 0) is 13.5 Å². The highest BCUT2D eigenvalue weighted by molar-refractivity contribution is 4.91.